The second kappa shape index (κ2) is 7.85. The third kappa shape index (κ3) is 5.24. The Hall–Kier alpha value is -1.79. The molecule has 0 saturated carbocycles. The molecule has 0 aromatic heterocycles. The van der Waals surface area contributed by atoms with Crippen molar-refractivity contribution in [2.45, 2.75) is 39.2 Å². The van der Waals surface area contributed by atoms with E-state index in [1.165, 1.54) is 7.11 Å². The maximum Gasteiger partial charge on any atom is 0.326 e. The minimum absolute atomic E-state index is 0.176. The molecule has 0 aliphatic carbocycles. The van der Waals surface area contributed by atoms with Gasteiger partial charge in [0.25, 0.3) is 0 Å². The number of carbonyl (C=O) groups excluding carboxylic acids is 2. The van der Waals surface area contributed by atoms with Gasteiger partial charge in [0, 0.05) is 13.1 Å². The van der Waals surface area contributed by atoms with Crippen LogP contribution < -0.4 is 5.32 Å². The number of rotatable bonds is 5. The average Bonchev–Trinajstić information content (AvgIpc) is 2.45. The quantitative estimate of drug-likeness (QED) is 0.741. The molecular formula is C14H24N2O5. The van der Waals surface area contributed by atoms with E-state index in [1.54, 1.807) is 4.90 Å². The molecule has 1 saturated heterocycles. The topological polar surface area (TPSA) is 95.9 Å². The largest absolute Gasteiger partial charge is 0.480 e. The number of ether oxygens (including phenoxy) is 1. The van der Waals surface area contributed by atoms with Crippen molar-refractivity contribution in [2.75, 3.05) is 20.2 Å². The first-order valence-corrected chi connectivity index (χ1v) is 7.21. The number of carbonyl (C=O) groups is 3. The smallest absolute Gasteiger partial charge is 0.326 e. The molecule has 120 valence electrons. The summed E-state index contributed by atoms with van der Waals surface area (Å²) < 4.78 is 4.69. The summed E-state index contributed by atoms with van der Waals surface area (Å²) in [7, 11) is 1.35. The molecule has 0 spiro atoms. The van der Waals surface area contributed by atoms with E-state index >= 15 is 0 Å². The highest BCUT2D eigenvalue weighted by molar-refractivity contribution is 5.82. The predicted octanol–water partition coefficient (Wildman–Crippen LogP) is 1.08. The number of nitrogens with one attached hydrogen (secondary N) is 1. The van der Waals surface area contributed by atoms with Crippen molar-refractivity contribution < 1.29 is 24.2 Å². The highest BCUT2D eigenvalue weighted by Crippen LogP contribution is 2.18. The highest BCUT2D eigenvalue weighted by atomic mass is 16.5. The van der Waals surface area contributed by atoms with Crippen LogP contribution in [-0.4, -0.2) is 54.2 Å². The molecule has 7 nitrogen and oxygen atoms in total. The summed E-state index contributed by atoms with van der Waals surface area (Å²) in [6, 6.07) is -1.26. The standard InChI is InChI=1S/C14H24N2O5/c1-9(2)8-11(12(17)18)15-14(20)16-6-4-10(5-7-16)13(19)21-3/h9-11H,4-8H2,1-3H3,(H,15,20)(H,17,18). The molecule has 1 unspecified atom stereocenters. The Labute approximate surface area is 124 Å². The SMILES string of the molecule is COC(=O)C1CCN(C(=O)NC(CC(C)C)C(=O)O)CC1. The number of piperidine rings is 1. The van der Waals surface area contributed by atoms with Crippen molar-refractivity contribution in [3.63, 3.8) is 0 Å². The number of hydrogen-bond acceptors (Lipinski definition) is 4. The van der Waals surface area contributed by atoms with Crippen molar-refractivity contribution in [1.29, 1.82) is 0 Å². The number of likely N-dealkylation sites (tertiary alicyclic amines) is 1. The zero-order chi connectivity index (χ0) is 16.0. The van der Waals surface area contributed by atoms with Crippen molar-refractivity contribution in [1.82, 2.24) is 10.2 Å². The summed E-state index contributed by atoms with van der Waals surface area (Å²) in [6.45, 7) is 4.67. The third-order valence-corrected chi connectivity index (χ3v) is 3.62. The van der Waals surface area contributed by atoms with Gasteiger partial charge in [-0.05, 0) is 25.2 Å². The van der Waals surface area contributed by atoms with Gasteiger partial charge in [-0.25, -0.2) is 9.59 Å². The zero-order valence-electron chi connectivity index (χ0n) is 12.8. The molecule has 0 aromatic carbocycles. The monoisotopic (exact) mass is 300 g/mol. The van der Waals surface area contributed by atoms with Gasteiger partial charge in [-0.1, -0.05) is 13.8 Å². The number of nitrogens with zero attached hydrogens (tertiary/aromatic N) is 1. The second-order valence-corrected chi connectivity index (χ2v) is 5.75. The third-order valence-electron chi connectivity index (χ3n) is 3.62. The minimum Gasteiger partial charge on any atom is -0.480 e. The molecule has 0 radical (unpaired) electrons. The molecule has 1 aliphatic heterocycles. The first kappa shape index (κ1) is 17.3. The molecule has 0 aromatic rings. The number of hydrogen-bond donors (Lipinski definition) is 2. The van der Waals surface area contributed by atoms with Gasteiger partial charge in [0.05, 0.1) is 13.0 Å². The van der Waals surface area contributed by atoms with Crippen molar-refractivity contribution in [2.24, 2.45) is 11.8 Å². The van der Waals surface area contributed by atoms with Gasteiger partial charge in [-0.2, -0.15) is 0 Å². The Morgan fingerprint density at radius 2 is 1.86 bits per heavy atom. The Kier molecular flexibility index (Phi) is 6.45. The summed E-state index contributed by atoms with van der Waals surface area (Å²) in [6.07, 6.45) is 1.48. The van der Waals surface area contributed by atoms with E-state index in [-0.39, 0.29) is 23.8 Å². The number of urea groups is 1. The first-order chi connectivity index (χ1) is 9.85. The number of esters is 1. The van der Waals surface area contributed by atoms with Gasteiger partial charge in [0.2, 0.25) is 0 Å². The van der Waals surface area contributed by atoms with Crippen molar-refractivity contribution in [3.05, 3.63) is 0 Å². The lowest BCUT2D eigenvalue weighted by molar-refractivity contribution is -0.146. The molecule has 21 heavy (non-hydrogen) atoms. The van der Waals surface area contributed by atoms with Crippen molar-refractivity contribution in [3.8, 4) is 0 Å². The maximum absolute atomic E-state index is 12.1. The van der Waals surface area contributed by atoms with Gasteiger partial charge in [-0.15, -0.1) is 0 Å². The van der Waals surface area contributed by atoms with Crippen LogP contribution in [-0.2, 0) is 14.3 Å². The van der Waals surface area contributed by atoms with E-state index in [2.05, 4.69) is 10.1 Å². The Morgan fingerprint density at radius 3 is 2.29 bits per heavy atom. The number of carboxylic acid groups (broad SMARTS) is 1. The average molecular weight is 300 g/mol. The lowest BCUT2D eigenvalue weighted by atomic mass is 9.97. The first-order valence-electron chi connectivity index (χ1n) is 7.21. The molecular weight excluding hydrogens is 276 g/mol. The Bertz CT molecular complexity index is 389. The number of methoxy groups -OCH3 is 1. The van der Waals surface area contributed by atoms with Crippen LogP contribution in [0.15, 0.2) is 0 Å². The molecule has 1 atom stereocenters. The lowest BCUT2D eigenvalue weighted by Gasteiger charge is -2.31. The second-order valence-electron chi connectivity index (χ2n) is 5.75. The van der Waals surface area contributed by atoms with E-state index in [1.807, 2.05) is 13.8 Å². The summed E-state index contributed by atoms with van der Waals surface area (Å²) >= 11 is 0. The zero-order valence-corrected chi connectivity index (χ0v) is 12.8. The van der Waals surface area contributed by atoms with Gasteiger partial charge in [0.1, 0.15) is 6.04 Å². The molecule has 2 N–H and O–H groups in total. The fraction of sp³-hybridized carbons (Fsp3) is 0.786. The van der Waals surface area contributed by atoms with Gasteiger partial charge >= 0.3 is 18.0 Å². The van der Waals surface area contributed by atoms with E-state index in [0.29, 0.717) is 32.4 Å². The maximum atomic E-state index is 12.1. The molecule has 0 bridgehead atoms. The van der Waals surface area contributed by atoms with E-state index in [9.17, 15) is 14.4 Å². The van der Waals surface area contributed by atoms with Crippen LogP contribution >= 0.6 is 0 Å². The number of amides is 2. The molecule has 1 rings (SSSR count). The molecule has 2 amide bonds. The van der Waals surface area contributed by atoms with Crippen LogP contribution in [0.3, 0.4) is 0 Å². The van der Waals surface area contributed by atoms with E-state index < -0.39 is 12.0 Å². The van der Waals surface area contributed by atoms with Crippen LogP contribution in [0.5, 0.6) is 0 Å². The molecule has 1 aliphatic rings. The van der Waals surface area contributed by atoms with Gasteiger partial charge < -0.3 is 20.1 Å². The van der Waals surface area contributed by atoms with Crippen LogP contribution in [0, 0.1) is 11.8 Å². The van der Waals surface area contributed by atoms with Crippen LogP contribution in [0.2, 0.25) is 0 Å². The van der Waals surface area contributed by atoms with E-state index in [0.717, 1.165) is 0 Å². The summed E-state index contributed by atoms with van der Waals surface area (Å²) in [4.78, 5) is 36.2. The van der Waals surface area contributed by atoms with E-state index in [4.69, 9.17) is 5.11 Å². The fourth-order valence-electron chi connectivity index (χ4n) is 2.42. The normalized spacial score (nSPS) is 17.4. The summed E-state index contributed by atoms with van der Waals surface area (Å²) in [5, 5.41) is 11.7. The predicted molar refractivity (Wildman–Crippen MR) is 75.7 cm³/mol. The minimum atomic E-state index is -1.03. The van der Waals surface area contributed by atoms with Gasteiger partial charge in [0.15, 0.2) is 0 Å². The Balaban J connectivity index is 2.49. The molecule has 1 heterocycles. The van der Waals surface area contributed by atoms with Crippen LogP contribution in [0.25, 0.3) is 0 Å². The van der Waals surface area contributed by atoms with Gasteiger partial charge in [-0.3, -0.25) is 4.79 Å². The lowest BCUT2D eigenvalue weighted by Crippen LogP contribution is -2.51. The van der Waals surface area contributed by atoms with Crippen molar-refractivity contribution >= 4 is 18.0 Å². The highest BCUT2D eigenvalue weighted by Gasteiger charge is 2.30. The van der Waals surface area contributed by atoms with Crippen LogP contribution in [0.1, 0.15) is 33.1 Å². The number of aliphatic carboxylic acids is 1. The Morgan fingerprint density at radius 1 is 1.29 bits per heavy atom. The van der Waals surface area contributed by atoms with Crippen LogP contribution in [0.4, 0.5) is 4.79 Å². The number of carboxylic acids is 1. The molecule has 7 heteroatoms. The summed E-state index contributed by atoms with van der Waals surface area (Å²) in [5.41, 5.74) is 0. The molecule has 1 fully saturated rings. The summed E-state index contributed by atoms with van der Waals surface area (Å²) in [5.74, 6) is -1.28. The fourth-order valence-corrected chi connectivity index (χ4v) is 2.42.